The van der Waals surface area contributed by atoms with Gasteiger partial charge in [0.1, 0.15) is 30.2 Å². The molecule has 160 valence electrons. The number of aliphatic hydroxyl groups is 3. The molecule has 0 amide bonds. The van der Waals surface area contributed by atoms with Gasteiger partial charge >= 0.3 is 0 Å². The van der Waals surface area contributed by atoms with Crippen molar-refractivity contribution in [2.24, 2.45) is 0 Å². The summed E-state index contributed by atoms with van der Waals surface area (Å²) in [6.45, 7) is 4.23. The second kappa shape index (κ2) is 13.1. The van der Waals surface area contributed by atoms with Crippen LogP contribution in [0.5, 0.6) is 0 Å². The van der Waals surface area contributed by atoms with Crippen LogP contribution in [0.25, 0.3) is 0 Å². The molecule has 1 heterocycles. The molecule has 0 saturated carbocycles. The maximum atomic E-state index is 11.9. The van der Waals surface area contributed by atoms with Crippen LogP contribution in [0.4, 0.5) is 0 Å². The summed E-state index contributed by atoms with van der Waals surface area (Å²) in [7, 11) is 2.96. The number of hydroxylamine groups is 2. The normalized spacial score (nSPS) is 28.9. The molecule has 3 N–H and O–H groups in total. The summed E-state index contributed by atoms with van der Waals surface area (Å²) >= 11 is 1.86. The zero-order valence-corrected chi connectivity index (χ0v) is 17.6. The van der Waals surface area contributed by atoms with Crippen molar-refractivity contribution in [3.63, 3.8) is 0 Å². The molecule has 0 radical (unpaired) electrons. The molecular weight excluding hydrogens is 374 g/mol. The van der Waals surface area contributed by atoms with Crippen molar-refractivity contribution in [1.29, 1.82) is 0 Å². The topological polar surface area (TPSA) is 109 Å². The molecule has 0 aliphatic carbocycles. The highest BCUT2D eigenvalue weighted by atomic mass is 32.2. The van der Waals surface area contributed by atoms with E-state index in [1.807, 2.05) is 11.8 Å². The first-order valence-corrected chi connectivity index (χ1v) is 10.5. The predicted molar refractivity (Wildman–Crippen MR) is 103 cm³/mol. The average Bonchev–Trinajstić information content (AvgIpc) is 2.63. The summed E-state index contributed by atoms with van der Waals surface area (Å²) in [5, 5.41) is 31.7. The highest BCUT2D eigenvalue weighted by Crippen LogP contribution is 2.25. The van der Waals surface area contributed by atoms with E-state index in [0.29, 0.717) is 31.1 Å². The number of rotatable bonds is 13. The molecule has 1 saturated heterocycles. The van der Waals surface area contributed by atoms with Crippen LogP contribution < -0.4 is 0 Å². The van der Waals surface area contributed by atoms with Crippen LogP contribution in [0, 0.1) is 0 Å². The van der Waals surface area contributed by atoms with Crippen molar-refractivity contribution in [3.8, 4) is 0 Å². The zero-order chi connectivity index (χ0) is 20.4. The lowest BCUT2D eigenvalue weighted by atomic mass is 9.98. The van der Waals surface area contributed by atoms with Gasteiger partial charge in [-0.15, -0.1) is 0 Å². The lowest BCUT2D eigenvalue weighted by Crippen LogP contribution is -2.63. The molecule has 1 rings (SSSR count). The smallest absolute Gasteiger partial charge is 0.161 e. The SMILES string of the molecule is CO[C@@H]1C(CO)O[C@@H](N(C)OCCCC(=O)CCCSC(C)C)C(O)[C@H]1O. The molecule has 0 aromatic rings. The minimum atomic E-state index is -1.25. The molecular formula is C18H35NO7S. The lowest BCUT2D eigenvalue weighted by Gasteiger charge is -2.44. The fourth-order valence-electron chi connectivity index (χ4n) is 2.92. The van der Waals surface area contributed by atoms with E-state index in [0.717, 1.165) is 12.2 Å². The fourth-order valence-corrected chi connectivity index (χ4v) is 3.71. The van der Waals surface area contributed by atoms with E-state index in [1.165, 1.54) is 12.2 Å². The number of nitrogens with zero attached hydrogens (tertiary/aromatic N) is 1. The molecule has 8 nitrogen and oxygen atoms in total. The van der Waals surface area contributed by atoms with Gasteiger partial charge in [-0.2, -0.15) is 16.8 Å². The number of carbonyl (C=O) groups excluding carboxylic acids is 1. The largest absolute Gasteiger partial charge is 0.394 e. The van der Waals surface area contributed by atoms with Crippen LogP contribution in [0.1, 0.15) is 39.5 Å². The third kappa shape index (κ3) is 8.33. The van der Waals surface area contributed by atoms with Gasteiger partial charge in [-0.1, -0.05) is 13.8 Å². The van der Waals surface area contributed by atoms with Crippen LogP contribution in [-0.2, 0) is 19.1 Å². The minimum absolute atomic E-state index is 0.221. The molecule has 2 unspecified atom stereocenters. The Balaban J connectivity index is 2.29. The monoisotopic (exact) mass is 409 g/mol. The first-order chi connectivity index (χ1) is 12.8. The number of hydrogen-bond acceptors (Lipinski definition) is 9. The summed E-state index contributed by atoms with van der Waals surface area (Å²) in [6, 6.07) is 0. The number of aliphatic hydroxyl groups excluding tert-OH is 3. The molecule has 1 aliphatic heterocycles. The lowest BCUT2D eigenvalue weighted by molar-refractivity contribution is -0.329. The molecule has 1 fully saturated rings. The van der Waals surface area contributed by atoms with Crippen molar-refractivity contribution in [3.05, 3.63) is 0 Å². The van der Waals surface area contributed by atoms with E-state index in [-0.39, 0.29) is 12.4 Å². The second-order valence-electron chi connectivity index (χ2n) is 6.97. The van der Waals surface area contributed by atoms with Gasteiger partial charge in [0.2, 0.25) is 0 Å². The third-order valence-corrected chi connectivity index (χ3v) is 5.61. The third-order valence-electron chi connectivity index (χ3n) is 4.42. The summed E-state index contributed by atoms with van der Waals surface area (Å²) in [5.74, 6) is 1.22. The van der Waals surface area contributed by atoms with E-state index < -0.39 is 30.6 Å². The maximum Gasteiger partial charge on any atom is 0.161 e. The van der Waals surface area contributed by atoms with Crippen molar-refractivity contribution in [2.75, 3.05) is 33.1 Å². The van der Waals surface area contributed by atoms with E-state index in [4.69, 9.17) is 14.3 Å². The molecule has 1 aliphatic rings. The highest BCUT2D eigenvalue weighted by molar-refractivity contribution is 7.99. The molecule has 0 aromatic heterocycles. The summed E-state index contributed by atoms with van der Waals surface area (Å²) in [4.78, 5) is 17.4. The fraction of sp³-hybridized carbons (Fsp3) is 0.944. The van der Waals surface area contributed by atoms with Gasteiger partial charge in [0.25, 0.3) is 0 Å². The Hall–Kier alpha value is -0.260. The van der Waals surface area contributed by atoms with Crippen molar-refractivity contribution in [2.45, 2.75) is 75.4 Å². The quantitative estimate of drug-likeness (QED) is 0.297. The van der Waals surface area contributed by atoms with E-state index in [9.17, 15) is 20.1 Å². The van der Waals surface area contributed by atoms with E-state index in [1.54, 1.807) is 7.05 Å². The first kappa shape index (κ1) is 24.8. The van der Waals surface area contributed by atoms with Gasteiger partial charge in [-0.05, 0) is 23.8 Å². The molecule has 0 spiro atoms. The van der Waals surface area contributed by atoms with Crippen molar-refractivity contribution >= 4 is 17.5 Å². The number of thioether (sulfide) groups is 1. The van der Waals surface area contributed by atoms with Crippen LogP contribution in [-0.4, -0.2) is 95.2 Å². The van der Waals surface area contributed by atoms with Crippen LogP contribution in [0.2, 0.25) is 0 Å². The second-order valence-corrected chi connectivity index (χ2v) is 8.66. The highest BCUT2D eigenvalue weighted by Gasteiger charge is 2.46. The minimum Gasteiger partial charge on any atom is -0.394 e. The molecule has 0 aromatic carbocycles. The number of methoxy groups -OCH3 is 1. The Kier molecular flexibility index (Phi) is 12.0. The number of ketones is 1. The Bertz CT molecular complexity index is 425. The van der Waals surface area contributed by atoms with Crippen LogP contribution >= 0.6 is 11.8 Å². The molecule has 0 bridgehead atoms. The van der Waals surface area contributed by atoms with Gasteiger partial charge in [-0.3, -0.25) is 9.63 Å². The van der Waals surface area contributed by atoms with E-state index in [2.05, 4.69) is 13.8 Å². The average molecular weight is 410 g/mol. The van der Waals surface area contributed by atoms with Crippen LogP contribution in [0.3, 0.4) is 0 Å². The van der Waals surface area contributed by atoms with Crippen LogP contribution in [0.15, 0.2) is 0 Å². The Morgan fingerprint density at radius 2 is 1.89 bits per heavy atom. The number of Topliss-reactive ketones (excluding diaryl/α,β-unsaturated/α-hetero) is 1. The summed E-state index contributed by atoms with van der Waals surface area (Å²) in [5.41, 5.74) is 0. The molecule has 9 heteroatoms. The van der Waals surface area contributed by atoms with Gasteiger partial charge < -0.3 is 24.8 Å². The predicted octanol–water partition coefficient (Wildman–Crippen LogP) is 0.575. The van der Waals surface area contributed by atoms with Crippen molar-refractivity contribution < 1.29 is 34.4 Å². The van der Waals surface area contributed by atoms with Gasteiger partial charge in [0.15, 0.2) is 6.23 Å². The standard InChI is InChI=1S/C18H35NO7S/c1-12(2)27-10-6-8-13(21)7-5-9-25-19(3)18-16(23)15(22)17(24-4)14(11-20)26-18/h12,14-18,20,22-23H,5-11H2,1-4H3/t14?,15-,16?,17-,18-/m1/s1. The Labute approximate surface area is 166 Å². The van der Waals surface area contributed by atoms with Gasteiger partial charge in [0.05, 0.1) is 13.2 Å². The maximum absolute atomic E-state index is 11.9. The van der Waals surface area contributed by atoms with Gasteiger partial charge in [-0.25, -0.2) is 0 Å². The Morgan fingerprint density at radius 3 is 2.48 bits per heavy atom. The van der Waals surface area contributed by atoms with Gasteiger partial charge in [0, 0.05) is 27.0 Å². The molecule has 5 atom stereocenters. The number of hydrogen-bond donors (Lipinski definition) is 3. The number of likely N-dealkylation sites (N-methyl/N-ethyl adjacent to an activating group) is 1. The Morgan fingerprint density at radius 1 is 1.22 bits per heavy atom. The molecule has 27 heavy (non-hydrogen) atoms. The zero-order valence-electron chi connectivity index (χ0n) is 16.7. The number of ether oxygens (including phenoxy) is 2. The van der Waals surface area contributed by atoms with E-state index >= 15 is 0 Å². The number of carbonyl (C=O) groups is 1. The summed E-state index contributed by atoms with van der Waals surface area (Å²) in [6.07, 6.45) is -2.49. The first-order valence-electron chi connectivity index (χ1n) is 9.46. The van der Waals surface area contributed by atoms with Crippen molar-refractivity contribution in [1.82, 2.24) is 5.06 Å². The summed E-state index contributed by atoms with van der Waals surface area (Å²) < 4.78 is 10.7.